The summed E-state index contributed by atoms with van der Waals surface area (Å²) >= 11 is 6.01. The van der Waals surface area contributed by atoms with Crippen LogP contribution in [0.2, 0.25) is 5.02 Å². The standard InChI is InChI=1S/C21H19ClFN3O3/c1-21(2,20(28)24-17-12-14(22)6-10-18(17)29-3)26-19(27)11-9-16(25-26)13-4-7-15(23)8-5-13/h4-12H,1-3H3,(H,24,28). The van der Waals surface area contributed by atoms with Crippen LogP contribution in [-0.4, -0.2) is 22.8 Å². The van der Waals surface area contributed by atoms with Gasteiger partial charge in [-0.05, 0) is 62.4 Å². The van der Waals surface area contributed by atoms with Crippen molar-refractivity contribution in [2.24, 2.45) is 0 Å². The Bertz CT molecular complexity index is 1110. The summed E-state index contributed by atoms with van der Waals surface area (Å²) in [5, 5.41) is 7.49. The summed E-state index contributed by atoms with van der Waals surface area (Å²) < 4.78 is 19.5. The Kier molecular flexibility index (Phi) is 5.70. The van der Waals surface area contributed by atoms with Crippen molar-refractivity contribution < 1.29 is 13.9 Å². The van der Waals surface area contributed by atoms with Gasteiger partial charge in [0.2, 0.25) is 0 Å². The van der Waals surface area contributed by atoms with E-state index >= 15 is 0 Å². The number of hydrogen-bond donors (Lipinski definition) is 1. The zero-order valence-corrected chi connectivity index (χ0v) is 16.8. The fourth-order valence-corrected chi connectivity index (χ4v) is 2.91. The van der Waals surface area contributed by atoms with Gasteiger partial charge in [-0.3, -0.25) is 9.59 Å². The van der Waals surface area contributed by atoms with Crippen LogP contribution in [0, 0.1) is 5.82 Å². The summed E-state index contributed by atoms with van der Waals surface area (Å²) in [7, 11) is 1.47. The predicted octanol–water partition coefficient (Wildman–Crippen LogP) is 4.09. The van der Waals surface area contributed by atoms with E-state index in [1.807, 2.05) is 0 Å². The van der Waals surface area contributed by atoms with Crippen LogP contribution in [0.1, 0.15) is 13.8 Å². The Morgan fingerprint density at radius 3 is 2.48 bits per heavy atom. The van der Waals surface area contributed by atoms with Crippen molar-refractivity contribution in [2.45, 2.75) is 19.4 Å². The van der Waals surface area contributed by atoms with Gasteiger partial charge in [0.15, 0.2) is 0 Å². The van der Waals surface area contributed by atoms with Crippen LogP contribution < -0.4 is 15.6 Å². The van der Waals surface area contributed by atoms with Crippen LogP contribution in [0.25, 0.3) is 11.3 Å². The molecule has 0 atom stereocenters. The van der Waals surface area contributed by atoms with Crippen molar-refractivity contribution in [1.29, 1.82) is 0 Å². The average molecular weight is 416 g/mol. The second kappa shape index (κ2) is 8.05. The molecule has 150 valence electrons. The molecular formula is C21H19ClFN3O3. The SMILES string of the molecule is COc1ccc(Cl)cc1NC(=O)C(C)(C)n1nc(-c2ccc(F)cc2)ccc1=O. The van der Waals surface area contributed by atoms with Gasteiger partial charge >= 0.3 is 0 Å². The number of methoxy groups -OCH3 is 1. The molecule has 1 aromatic heterocycles. The first-order valence-corrected chi connectivity index (χ1v) is 9.12. The Hall–Kier alpha value is -3.19. The number of hydrogen-bond acceptors (Lipinski definition) is 4. The molecule has 0 saturated heterocycles. The Morgan fingerprint density at radius 1 is 1.14 bits per heavy atom. The number of rotatable bonds is 5. The summed E-state index contributed by atoms with van der Waals surface area (Å²) in [6.07, 6.45) is 0. The first-order chi connectivity index (χ1) is 13.7. The van der Waals surface area contributed by atoms with Crippen LogP contribution in [0.5, 0.6) is 5.75 Å². The van der Waals surface area contributed by atoms with E-state index in [-0.39, 0.29) is 5.82 Å². The summed E-state index contributed by atoms with van der Waals surface area (Å²) in [4.78, 5) is 25.5. The van der Waals surface area contributed by atoms with Crippen molar-refractivity contribution in [1.82, 2.24) is 9.78 Å². The Morgan fingerprint density at radius 2 is 1.83 bits per heavy atom. The van der Waals surface area contributed by atoms with Gasteiger partial charge in [-0.25, -0.2) is 9.07 Å². The molecule has 0 aliphatic carbocycles. The molecule has 3 rings (SSSR count). The molecule has 1 N–H and O–H groups in total. The van der Waals surface area contributed by atoms with Gasteiger partial charge in [-0.15, -0.1) is 0 Å². The molecule has 0 radical (unpaired) electrons. The van der Waals surface area contributed by atoms with Gasteiger partial charge in [0, 0.05) is 16.7 Å². The van der Waals surface area contributed by atoms with Gasteiger partial charge in [0.25, 0.3) is 11.5 Å². The highest BCUT2D eigenvalue weighted by Crippen LogP contribution is 2.29. The normalized spacial score (nSPS) is 11.2. The summed E-state index contributed by atoms with van der Waals surface area (Å²) in [5.74, 6) is -0.430. The number of aromatic nitrogens is 2. The maximum atomic E-state index is 13.2. The first kappa shape index (κ1) is 20.5. The van der Waals surface area contributed by atoms with Gasteiger partial charge in [-0.1, -0.05) is 11.6 Å². The molecule has 8 heteroatoms. The maximum Gasteiger partial charge on any atom is 0.267 e. The number of anilines is 1. The number of amides is 1. The molecule has 0 bridgehead atoms. The summed E-state index contributed by atoms with van der Waals surface area (Å²) in [6.45, 7) is 3.14. The topological polar surface area (TPSA) is 73.2 Å². The number of carbonyl (C=O) groups excluding carboxylic acids is 1. The zero-order valence-electron chi connectivity index (χ0n) is 16.1. The molecule has 0 fully saturated rings. The smallest absolute Gasteiger partial charge is 0.267 e. The highest BCUT2D eigenvalue weighted by Gasteiger charge is 2.33. The third kappa shape index (κ3) is 4.30. The van der Waals surface area contributed by atoms with Crippen molar-refractivity contribution in [3.63, 3.8) is 0 Å². The van der Waals surface area contributed by atoms with E-state index in [4.69, 9.17) is 16.3 Å². The molecule has 2 aromatic carbocycles. The molecule has 6 nitrogen and oxygen atoms in total. The third-order valence-corrected chi connectivity index (χ3v) is 4.67. The van der Waals surface area contributed by atoms with E-state index < -0.39 is 17.0 Å². The zero-order chi connectivity index (χ0) is 21.2. The number of halogens is 2. The maximum absolute atomic E-state index is 13.2. The molecule has 0 spiro atoms. The van der Waals surface area contributed by atoms with E-state index in [1.54, 1.807) is 44.2 Å². The predicted molar refractivity (Wildman–Crippen MR) is 110 cm³/mol. The van der Waals surface area contributed by atoms with Crippen LogP contribution in [-0.2, 0) is 10.3 Å². The minimum Gasteiger partial charge on any atom is -0.495 e. The van der Waals surface area contributed by atoms with Crippen LogP contribution in [0.3, 0.4) is 0 Å². The highest BCUT2D eigenvalue weighted by molar-refractivity contribution is 6.31. The summed E-state index contributed by atoms with van der Waals surface area (Å²) in [5.41, 5.74) is -0.353. The number of nitrogens with one attached hydrogen (secondary N) is 1. The lowest BCUT2D eigenvalue weighted by Crippen LogP contribution is -2.47. The van der Waals surface area contributed by atoms with E-state index in [0.717, 1.165) is 4.68 Å². The van der Waals surface area contributed by atoms with Gasteiger partial charge in [-0.2, -0.15) is 5.10 Å². The number of nitrogens with zero attached hydrogens (tertiary/aromatic N) is 2. The molecule has 0 saturated carbocycles. The number of carbonyl (C=O) groups is 1. The second-order valence-electron chi connectivity index (χ2n) is 6.83. The van der Waals surface area contributed by atoms with Crippen molar-refractivity contribution >= 4 is 23.2 Å². The lowest BCUT2D eigenvalue weighted by atomic mass is 10.0. The molecule has 0 aliphatic rings. The molecule has 1 heterocycles. The highest BCUT2D eigenvalue weighted by atomic mass is 35.5. The largest absolute Gasteiger partial charge is 0.495 e. The van der Waals surface area contributed by atoms with E-state index in [0.29, 0.717) is 27.7 Å². The number of benzene rings is 2. The van der Waals surface area contributed by atoms with Crippen molar-refractivity contribution in [3.8, 4) is 17.0 Å². The second-order valence-corrected chi connectivity index (χ2v) is 7.27. The van der Waals surface area contributed by atoms with E-state index in [2.05, 4.69) is 10.4 Å². The average Bonchev–Trinajstić information content (AvgIpc) is 2.69. The monoisotopic (exact) mass is 415 g/mol. The lowest BCUT2D eigenvalue weighted by molar-refractivity contribution is -0.123. The first-order valence-electron chi connectivity index (χ1n) is 8.74. The van der Waals surface area contributed by atoms with Crippen molar-refractivity contribution in [3.05, 3.63) is 75.8 Å². The molecule has 0 aliphatic heterocycles. The van der Waals surface area contributed by atoms with Crippen LogP contribution in [0.15, 0.2) is 59.4 Å². The Balaban J connectivity index is 1.97. The van der Waals surface area contributed by atoms with Gasteiger partial charge in [0.1, 0.15) is 17.1 Å². The minimum atomic E-state index is -1.33. The third-order valence-electron chi connectivity index (χ3n) is 4.44. The molecule has 1 amide bonds. The van der Waals surface area contributed by atoms with Gasteiger partial charge < -0.3 is 10.1 Å². The molecule has 29 heavy (non-hydrogen) atoms. The number of ether oxygens (including phenoxy) is 1. The quantitative estimate of drug-likeness (QED) is 0.681. The fraction of sp³-hybridized carbons (Fsp3) is 0.190. The molecular weight excluding hydrogens is 397 g/mol. The lowest BCUT2D eigenvalue weighted by Gasteiger charge is -2.26. The molecule has 3 aromatic rings. The van der Waals surface area contributed by atoms with E-state index in [1.165, 1.54) is 31.4 Å². The van der Waals surface area contributed by atoms with Crippen LogP contribution in [0.4, 0.5) is 10.1 Å². The molecule has 0 unspecified atom stereocenters. The fourth-order valence-electron chi connectivity index (χ4n) is 2.74. The Labute approximate surface area is 171 Å². The van der Waals surface area contributed by atoms with E-state index in [9.17, 15) is 14.0 Å². The van der Waals surface area contributed by atoms with Crippen molar-refractivity contribution in [2.75, 3.05) is 12.4 Å². The summed E-state index contributed by atoms with van der Waals surface area (Å²) in [6, 6.07) is 13.4. The van der Waals surface area contributed by atoms with Gasteiger partial charge in [0.05, 0.1) is 18.5 Å². The van der Waals surface area contributed by atoms with Crippen LogP contribution >= 0.6 is 11.6 Å². The minimum absolute atomic E-state index is 0.376.